The predicted molar refractivity (Wildman–Crippen MR) is 91.5 cm³/mol. The Labute approximate surface area is 146 Å². The summed E-state index contributed by atoms with van der Waals surface area (Å²) in [7, 11) is 1.44. The molecule has 7 heteroatoms. The molecule has 0 amide bonds. The van der Waals surface area contributed by atoms with E-state index >= 15 is 0 Å². The third kappa shape index (κ3) is 3.29. The lowest BCUT2D eigenvalue weighted by Gasteiger charge is -2.31. The van der Waals surface area contributed by atoms with Crippen molar-refractivity contribution in [3.63, 3.8) is 0 Å². The minimum atomic E-state index is -0.280. The van der Waals surface area contributed by atoms with Crippen LogP contribution in [0, 0.1) is 5.92 Å². The monoisotopic (exact) mass is 341 g/mol. The van der Waals surface area contributed by atoms with Gasteiger partial charge in [0.05, 0.1) is 19.3 Å². The number of hydrogen-bond donors (Lipinski definition) is 2. The number of hydrogen-bond acceptors (Lipinski definition) is 6. The molecule has 1 aromatic carbocycles. The van der Waals surface area contributed by atoms with E-state index in [-0.39, 0.29) is 17.9 Å². The molecule has 4 rings (SSSR count). The van der Waals surface area contributed by atoms with E-state index in [1.165, 1.54) is 12.7 Å². The number of nitrogens with one attached hydrogen (secondary N) is 2. The summed E-state index contributed by atoms with van der Waals surface area (Å²) in [5.74, 6) is 0.360. The number of methoxy groups -OCH3 is 1. The molecule has 1 aromatic heterocycles. The van der Waals surface area contributed by atoms with Crippen molar-refractivity contribution < 1.29 is 9.53 Å². The molecule has 2 aliphatic rings. The fourth-order valence-electron chi connectivity index (χ4n) is 4.03. The lowest BCUT2D eigenvalue weighted by Crippen LogP contribution is -2.39. The Morgan fingerprint density at radius 2 is 2.12 bits per heavy atom. The number of ether oxygens (including phenoxy) is 1. The van der Waals surface area contributed by atoms with Gasteiger partial charge in [0.2, 0.25) is 0 Å². The molecule has 2 heterocycles. The van der Waals surface area contributed by atoms with E-state index in [0.29, 0.717) is 12.0 Å². The Kier molecular flexibility index (Phi) is 4.50. The smallest absolute Gasteiger partial charge is 0.324 e. The van der Waals surface area contributed by atoms with Crippen molar-refractivity contribution in [2.45, 2.75) is 43.8 Å². The van der Waals surface area contributed by atoms with Crippen molar-refractivity contribution in [1.29, 1.82) is 0 Å². The number of carbonyl (C=O) groups is 1. The van der Waals surface area contributed by atoms with Crippen molar-refractivity contribution in [3.8, 4) is 0 Å². The second-order valence-corrected chi connectivity index (χ2v) is 6.90. The van der Waals surface area contributed by atoms with Gasteiger partial charge in [-0.3, -0.25) is 10.2 Å². The van der Waals surface area contributed by atoms with E-state index in [9.17, 15) is 4.79 Å². The molecule has 0 radical (unpaired) electrons. The average molecular weight is 341 g/mol. The lowest BCUT2D eigenvalue weighted by atomic mass is 9.75. The molecule has 25 heavy (non-hydrogen) atoms. The van der Waals surface area contributed by atoms with Gasteiger partial charge in [0, 0.05) is 24.1 Å². The number of esters is 1. The summed E-state index contributed by atoms with van der Waals surface area (Å²) in [6.45, 7) is 0.723. The Morgan fingerprint density at radius 3 is 2.92 bits per heavy atom. The molecule has 4 unspecified atom stereocenters. The van der Waals surface area contributed by atoms with Crippen LogP contribution in [0.1, 0.15) is 36.4 Å². The molecule has 2 fully saturated rings. The number of rotatable bonds is 4. The van der Waals surface area contributed by atoms with Crippen molar-refractivity contribution in [2.24, 2.45) is 5.92 Å². The van der Waals surface area contributed by atoms with Gasteiger partial charge in [0.1, 0.15) is 6.04 Å². The maximum atomic E-state index is 12.0. The van der Waals surface area contributed by atoms with Gasteiger partial charge in [-0.2, -0.15) is 0 Å². The van der Waals surface area contributed by atoms with Gasteiger partial charge in [-0.1, -0.05) is 35.5 Å². The Balaban J connectivity index is 1.45. The third-order valence-electron chi connectivity index (χ3n) is 5.37. The molecular formula is C18H23N5O2. The fourth-order valence-corrected chi connectivity index (χ4v) is 4.03. The number of aromatic nitrogens is 3. The molecule has 0 bridgehead atoms. The molecule has 1 aliphatic heterocycles. The summed E-state index contributed by atoms with van der Waals surface area (Å²) < 4.78 is 6.81. The molecule has 2 N–H and O–H groups in total. The van der Waals surface area contributed by atoms with Crippen LogP contribution in [0.5, 0.6) is 0 Å². The van der Waals surface area contributed by atoms with Crippen LogP contribution in [0.3, 0.4) is 0 Å². The first kappa shape index (κ1) is 16.2. The quantitative estimate of drug-likeness (QED) is 0.814. The van der Waals surface area contributed by atoms with Gasteiger partial charge < -0.3 is 4.74 Å². The van der Waals surface area contributed by atoms with Crippen molar-refractivity contribution >= 4 is 5.97 Å². The highest BCUT2D eigenvalue weighted by atomic mass is 16.5. The number of nitrogens with zero attached hydrogens (tertiary/aromatic N) is 3. The maximum Gasteiger partial charge on any atom is 0.324 e. The molecule has 1 saturated heterocycles. The molecular weight excluding hydrogens is 318 g/mol. The second-order valence-electron chi connectivity index (χ2n) is 6.90. The van der Waals surface area contributed by atoms with E-state index < -0.39 is 0 Å². The van der Waals surface area contributed by atoms with E-state index in [0.717, 1.165) is 31.5 Å². The number of carbonyl (C=O) groups excluding carboxylic acids is 1. The molecule has 0 spiro atoms. The molecule has 7 nitrogen and oxygen atoms in total. The predicted octanol–water partition coefficient (Wildman–Crippen LogP) is 1.23. The molecule has 132 valence electrons. The Morgan fingerprint density at radius 1 is 1.28 bits per heavy atom. The van der Waals surface area contributed by atoms with Crippen molar-refractivity contribution in [3.05, 3.63) is 47.8 Å². The first-order valence-electron chi connectivity index (χ1n) is 8.77. The van der Waals surface area contributed by atoms with Gasteiger partial charge in [0.15, 0.2) is 0 Å². The minimum Gasteiger partial charge on any atom is -0.468 e. The zero-order chi connectivity index (χ0) is 17.2. The minimum absolute atomic E-state index is 0.201. The van der Waals surface area contributed by atoms with Crippen LogP contribution in [0.25, 0.3) is 0 Å². The van der Waals surface area contributed by atoms with Gasteiger partial charge in [0.25, 0.3) is 0 Å². The Hall–Kier alpha value is -2.25. The van der Waals surface area contributed by atoms with Crippen molar-refractivity contribution in [1.82, 2.24) is 25.8 Å². The molecule has 1 aliphatic carbocycles. The summed E-state index contributed by atoms with van der Waals surface area (Å²) in [4.78, 5) is 12.0. The van der Waals surface area contributed by atoms with Crippen LogP contribution >= 0.6 is 0 Å². The molecule has 2 aromatic rings. The molecule has 1 saturated carbocycles. The summed E-state index contributed by atoms with van der Waals surface area (Å²) in [5.41, 5.74) is 8.56. The second kappa shape index (κ2) is 6.93. The highest BCUT2D eigenvalue weighted by Crippen LogP contribution is 2.39. The molecule has 4 atom stereocenters. The van der Waals surface area contributed by atoms with Crippen LogP contribution in [0.15, 0.2) is 36.5 Å². The summed E-state index contributed by atoms with van der Waals surface area (Å²) in [6, 6.07) is 10.3. The van der Waals surface area contributed by atoms with E-state index in [1.54, 1.807) is 0 Å². The van der Waals surface area contributed by atoms with Crippen LogP contribution < -0.4 is 10.9 Å². The number of benzene rings is 1. The third-order valence-corrected chi connectivity index (χ3v) is 5.37. The van der Waals surface area contributed by atoms with Gasteiger partial charge >= 0.3 is 5.97 Å². The maximum absolute atomic E-state index is 12.0. The summed E-state index contributed by atoms with van der Waals surface area (Å²) in [5, 5.41) is 8.68. The lowest BCUT2D eigenvalue weighted by molar-refractivity contribution is -0.144. The summed E-state index contributed by atoms with van der Waals surface area (Å²) in [6.07, 6.45) is 5.02. The van der Waals surface area contributed by atoms with Crippen LogP contribution in [-0.4, -0.2) is 40.2 Å². The topological polar surface area (TPSA) is 81.1 Å². The van der Waals surface area contributed by atoms with Gasteiger partial charge in [-0.05, 0) is 24.8 Å². The van der Waals surface area contributed by atoms with Crippen LogP contribution in [-0.2, 0) is 16.1 Å². The van der Waals surface area contributed by atoms with Gasteiger partial charge in [-0.15, -0.1) is 5.10 Å². The van der Waals surface area contributed by atoms with Gasteiger partial charge in [-0.25, -0.2) is 10.1 Å². The number of hydrazine groups is 1. The zero-order valence-electron chi connectivity index (χ0n) is 14.3. The van der Waals surface area contributed by atoms with E-state index in [2.05, 4.69) is 33.3 Å². The fraction of sp³-hybridized carbons (Fsp3) is 0.500. The van der Waals surface area contributed by atoms with Crippen LogP contribution in [0.2, 0.25) is 0 Å². The largest absolute Gasteiger partial charge is 0.468 e. The SMILES string of the molecule is COC(=O)C1NNC2CCC(c3cn(Cc4ccccc4)nn3)CC21. The summed E-state index contributed by atoms with van der Waals surface area (Å²) >= 11 is 0. The van der Waals surface area contributed by atoms with Crippen molar-refractivity contribution in [2.75, 3.05) is 7.11 Å². The van der Waals surface area contributed by atoms with E-state index in [1.807, 2.05) is 29.1 Å². The highest BCUT2D eigenvalue weighted by Gasteiger charge is 2.44. The standard InChI is InChI=1S/C18H23N5O2/c1-25-18(24)17-14-9-13(7-8-15(14)19-21-17)16-11-23(22-20-16)10-12-5-3-2-4-6-12/h2-6,11,13-15,17,19,21H,7-10H2,1H3. The van der Waals surface area contributed by atoms with E-state index in [4.69, 9.17) is 4.74 Å². The zero-order valence-corrected chi connectivity index (χ0v) is 14.3. The highest BCUT2D eigenvalue weighted by molar-refractivity contribution is 5.76. The van der Waals surface area contributed by atoms with Crippen LogP contribution in [0.4, 0.5) is 0 Å². The average Bonchev–Trinajstić information content (AvgIpc) is 3.28. The first-order valence-corrected chi connectivity index (χ1v) is 8.77. The normalized spacial score (nSPS) is 28.5. The number of fused-ring (bicyclic) bond motifs is 1. The Bertz CT molecular complexity index is 732. The first-order chi connectivity index (χ1) is 12.2.